The summed E-state index contributed by atoms with van der Waals surface area (Å²) in [5, 5.41) is 17.8. The van der Waals surface area contributed by atoms with Gasteiger partial charge in [-0.15, -0.1) is 0 Å². The number of phenolic OH excluding ortho intramolecular Hbond substituents is 1. The molecule has 0 aliphatic heterocycles. The van der Waals surface area contributed by atoms with Crippen LogP contribution in [-0.2, 0) is 10.3 Å². The van der Waals surface area contributed by atoms with Crippen LogP contribution in [0.15, 0.2) is 24.3 Å². The van der Waals surface area contributed by atoms with Gasteiger partial charge in [0.1, 0.15) is 5.75 Å². The molecule has 0 heterocycles. The first-order valence-electron chi connectivity index (χ1n) is 3.83. The summed E-state index contributed by atoms with van der Waals surface area (Å²) in [6.45, 7) is 0. The Morgan fingerprint density at radius 2 is 2.07 bits per heavy atom. The zero-order chi connectivity index (χ0) is 10.6. The van der Waals surface area contributed by atoms with Crippen LogP contribution < -0.4 is 11.3 Å². The van der Waals surface area contributed by atoms with Gasteiger partial charge in [-0.05, 0) is 17.7 Å². The Morgan fingerprint density at radius 3 is 2.43 bits per heavy atom. The van der Waals surface area contributed by atoms with E-state index in [4.69, 9.17) is 16.2 Å². The molecule has 0 bridgehead atoms. The summed E-state index contributed by atoms with van der Waals surface area (Å²) < 4.78 is 0. The molecule has 1 rings (SSSR count). The van der Waals surface area contributed by atoms with Crippen molar-refractivity contribution >= 4 is 6.29 Å². The number of carbonyl (C=O) groups is 1. The molecule has 0 fully saturated rings. The molecule has 5 heteroatoms. The van der Waals surface area contributed by atoms with Gasteiger partial charge in [0.2, 0.25) is 0 Å². The van der Waals surface area contributed by atoms with Crippen LogP contribution in [0.25, 0.3) is 0 Å². The Balaban J connectivity index is 3.19. The molecule has 1 aromatic carbocycles. The molecule has 0 radical (unpaired) electrons. The van der Waals surface area contributed by atoms with Crippen LogP contribution in [0.2, 0.25) is 0 Å². The Hall–Kier alpha value is -1.90. The van der Waals surface area contributed by atoms with E-state index in [0.717, 1.165) is 0 Å². The molecule has 5 nitrogen and oxygen atoms in total. The zero-order valence-electron chi connectivity index (χ0n) is 7.27. The van der Waals surface area contributed by atoms with Crippen molar-refractivity contribution in [2.24, 2.45) is 5.84 Å². The normalized spacial score (nSPS) is 14.0. The molecule has 1 atom stereocenters. The molecule has 0 aliphatic carbocycles. The number of nitrogens with zero attached hydrogens (tertiary/aromatic N) is 1. The second-order valence-electron chi connectivity index (χ2n) is 2.73. The van der Waals surface area contributed by atoms with E-state index in [1.165, 1.54) is 24.3 Å². The number of hydrogen-bond donors (Lipinski definition) is 3. The lowest BCUT2D eigenvalue weighted by Crippen LogP contribution is -2.46. The summed E-state index contributed by atoms with van der Waals surface area (Å²) in [6, 6.07) is 7.42. The molecule has 4 N–H and O–H groups in total. The highest BCUT2D eigenvalue weighted by molar-refractivity contribution is 5.72. The number of rotatable bonds is 3. The molecule has 72 valence electrons. The van der Waals surface area contributed by atoms with Gasteiger partial charge in [0.05, 0.1) is 6.07 Å². The van der Waals surface area contributed by atoms with E-state index in [9.17, 15) is 4.79 Å². The quantitative estimate of drug-likeness (QED) is 0.348. The fourth-order valence-electron chi connectivity index (χ4n) is 1.03. The molecule has 1 aromatic rings. The van der Waals surface area contributed by atoms with E-state index in [2.05, 4.69) is 5.43 Å². The number of nitriles is 1. The standard InChI is InChI=1S/C9H9N3O2/c10-5-9(6-13,12-11)7-1-3-8(14)4-2-7/h1-4,6,12,14H,11H2. The van der Waals surface area contributed by atoms with Gasteiger partial charge in [-0.2, -0.15) is 5.26 Å². The predicted octanol–water partition coefficient (Wildman–Crippen LogP) is -0.227. The molecular formula is C9H9N3O2. The van der Waals surface area contributed by atoms with Crippen molar-refractivity contribution in [1.82, 2.24) is 5.43 Å². The highest BCUT2D eigenvalue weighted by Gasteiger charge is 2.30. The fourth-order valence-corrected chi connectivity index (χ4v) is 1.03. The molecule has 0 saturated heterocycles. The van der Waals surface area contributed by atoms with E-state index in [1.807, 2.05) is 0 Å². The minimum atomic E-state index is -1.55. The van der Waals surface area contributed by atoms with Crippen LogP contribution in [0.4, 0.5) is 0 Å². The summed E-state index contributed by atoms with van der Waals surface area (Å²) in [5.41, 5.74) is 0.976. The van der Waals surface area contributed by atoms with Crippen molar-refractivity contribution in [2.45, 2.75) is 5.54 Å². The van der Waals surface area contributed by atoms with E-state index < -0.39 is 5.54 Å². The van der Waals surface area contributed by atoms with E-state index in [-0.39, 0.29) is 5.75 Å². The van der Waals surface area contributed by atoms with Crippen molar-refractivity contribution in [2.75, 3.05) is 0 Å². The summed E-state index contributed by atoms with van der Waals surface area (Å²) in [5.74, 6) is 5.19. The molecule has 0 amide bonds. The lowest BCUT2D eigenvalue weighted by atomic mass is 9.94. The van der Waals surface area contributed by atoms with Gasteiger partial charge < -0.3 is 5.11 Å². The average molecular weight is 191 g/mol. The van der Waals surface area contributed by atoms with E-state index >= 15 is 0 Å². The number of benzene rings is 1. The smallest absolute Gasteiger partial charge is 0.200 e. The van der Waals surface area contributed by atoms with Crippen molar-refractivity contribution in [1.29, 1.82) is 5.26 Å². The summed E-state index contributed by atoms with van der Waals surface area (Å²) in [4.78, 5) is 10.7. The van der Waals surface area contributed by atoms with Crippen molar-refractivity contribution in [3.8, 4) is 11.8 Å². The molecule has 0 aliphatic rings. The largest absolute Gasteiger partial charge is 0.508 e. The first kappa shape index (κ1) is 10.2. The van der Waals surface area contributed by atoms with Crippen LogP contribution in [0.5, 0.6) is 5.75 Å². The Morgan fingerprint density at radius 1 is 1.50 bits per heavy atom. The van der Waals surface area contributed by atoms with Crippen molar-refractivity contribution in [3.63, 3.8) is 0 Å². The van der Waals surface area contributed by atoms with Crippen LogP contribution in [0.1, 0.15) is 5.56 Å². The third-order valence-corrected chi connectivity index (χ3v) is 1.90. The maximum Gasteiger partial charge on any atom is 0.200 e. The Bertz CT molecular complexity index is 369. The lowest BCUT2D eigenvalue weighted by Gasteiger charge is -2.18. The van der Waals surface area contributed by atoms with Gasteiger partial charge in [-0.25, -0.2) is 5.43 Å². The first-order valence-corrected chi connectivity index (χ1v) is 3.83. The minimum absolute atomic E-state index is 0.0588. The molecular weight excluding hydrogens is 182 g/mol. The number of aromatic hydroxyl groups is 1. The molecule has 1 unspecified atom stereocenters. The summed E-state index contributed by atoms with van der Waals surface area (Å²) in [6.07, 6.45) is 0.416. The Kier molecular flexibility index (Phi) is 2.82. The third-order valence-electron chi connectivity index (χ3n) is 1.90. The molecule has 0 saturated carbocycles. The SMILES string of the molecule is N#CC(C=O)(NN)c1ccc(O)cc1. The predicted molar refractivity (Wildman–Crippen MR) is 48.8 cm³/mol. The van der Waals surface area contributed by atoms with Crippen LogP contribution in [0, 0.1) is 11.3 Å². The third kappa shape index (κ3) is 1.57. The number of carbonyl (C=O) groups excluding carboxylic acids is 1. The molecule has 0 aromatic heterocycles. The topological polar surface area (TPSA) is 99.1 Å². The number of aldehydes is 1. The maximum atomic E-state index is 10.7. The first-order chi connectivity index (χ1) is 6.68. The van der Waals surface area contributed by atoms with Gasteiger partial charge in [-0.3, -0.25) is 10.6 Å². The van der Waals surface area contributed by atoms with Crippen molar-refractivity contribution in [3.05, 3.63) is 29.8 Å². The maximum absolute atomic E-state index is 10.7. The lowest BCUT2D eigenvalue weighted by molar-refractivity contribution is -0.111. The van der Waals surface area contributed by atoms with Crippen LogP contribution >= 0.6 is 0 Å². The van der Waals surface area contributed by atoms with Crippen LogP contribution in [-0.4, -0.2) is 11.4 Å². The highest BCUT2D eigenvalue weighted by atomic mass is 16.3. The number of hydrogen-bond acceptors (Lipinski definition) is 5. The fraction of sp³-hybridized carbons (Fsp3) is 0.111. The van der Waals surface area contributed by atoms with Gasteiger partial charge in [0.15, 0.2) is 11.8 Å². The number of phenols is 1. The number of nitrogens with two attached hydrogens (primary N) is 1. The van der Waals surface area contributed by atoms with Gasteiger partial charge in [0, 0.05) is 0 Å². The van der Waals surface area contributed by atoms with E-state index in [0.29, 0.717) is 11.8 Å². The van der Waals surface area contributed by atoms with E-state index in [1.54, 1.807) is 6.07 Å². The monoisotopic (exact) mass is 191 g/mol. The summed E-state index contributed by atoms with van der Waals surface area (Å²) in [7, 11) is 0. The number of hydrazine groups is 1. The second kappa shape index (κ2) is 3.87. The number of nitrogens with one attached hydrogen (secondary N) is 1. The average Bonchev–Trinajstić information content (AvgIpc) is 2.24. The summed E-state index contributed by atoms with van der Waals surface area (Å²) >= 11 is 0. The zero-order valence-corrected chi connectivity index (χ0v) is 7.27. The highest BCUT2D eigenvalue weighted by Crippen LogP contribution is 2.19. The second-order valence-corrected chi connectivity index (χ2v) is 2.73. The molecule has 14 heavy (non-hydrogen) atoms. The van der Waals surface area contributed by atoms with Gasteiger partial charge in [0.25, 0.3) is 0 Å². The Labute approximate surface area is 80.7 Å². The van der Waals surface area contributed by atoms with Crippen LogP contribution in [0.3, 0.4) is 0 Å². The van der Waals surface area contributed by atoms with Crippen molar-refractivity contribution < 1.29 is 9.90 Å². The molecule has 0 spiro atoms. The van der Waals surface area contributed by atoms with Gasteiger partial charge >= 0.3 is 0 Å². The minimum Gasteiger partial charge on any atom is -0.508 e. The van der Waals surface area contributed by atoms with Gasteiger partial charge in [-0.1, -0.05) is 12.1 Å².